The molecule has 4 aromatic rings. The number of nitrogens with one attached hydrogen (secondary N) is 1. The second-order valence-corrected chi connectivity index (χ2v) is 15.7. The zero-order chi connectivity index (χ0) is 39.6. The van der Waals surface area contributed by atoms with Gasteiger partial charge in [0.15, 0.2) is 5.78 Å². The zero-order valence-electron chi connectivity index (χ0n) is 32.3. The van der Waals surface area contributed by atoms with Crippen LogP contribution in [0.3, 0.4) is 0 Å². The third-order valence-corrected chi connectivity index (χ3v) is 11.0. The van der Waals surface area contributed by atoms with Crippen LogP contribution < -0.4 is 44.3 Å². The maximum atomic E-state index is 14.8. The van der Waals surface area contributed by atoms with Gasteiger partial charge in [-0.25, -0.2) is 14.8 Å². The summed E-state index contributed by atoms with van der Waals surface area (Å²) in [6.07, 6.45) is 6.35. The fourth-order valence-electron chi connectivity index (χ4n) is 7.78. The molecule has 2 saturated heterocycles. The number of phosphoric acid groups is 1. The summed E-state index contributed by atoms with van der Waals surface area (Å²) < 4.78 is 18.1. The summed E-state index contributed by atoms with van der Waals surface area (Å²) in [5, 5.41) is 6.99. The smallest absolute Gasteiger partial charge is 0.746 e. The third kappa shape index (κ3) is 9.55. The predicted molar refractivity (Wildman–Crippen MR) is 207 cm³/mol. The van der Waals surface area contributed by atoms with Crippen LogP contribution in [0.5, 0.6) is 5.75 Å². The van der Waals surface area contributed by atoms with Crippen molar-refractivity contribution in [2.75, 3.05) is 19.6 Å². The molecule has 294 valence electrons. The number of urea groups is 1. The number of carbonyl (C=O) groups is 4. The Morgan fingerprint density at radius 2 is 1.77 bits per heavy atom. The van der Waals surface area contributed by atoms with Crippen molar-refractivity contribution in [1.29, 1.82) is 0 Å². The standard InChI is InChI=1S/C41H47N6O8P.Na/c1-3-5-21-43-25-34(39(49)30-16-17-30)33-13-9-12-31(38(33)43)24-44-26-36-46(35(40(44)50)22-28-14-18-32(19-15-28)55-56(52,53)54)37(48)27-45(20-4-2)47(36)41(51)42-23-29-10-7-6-8-11-29;/h4,6-15,18-19,25,30,35-36H,2-3,5,16-17,20-24,26-27H2,1H3,(H,42,51)(H2,52,53,54);/q;+1/p-1/t35-,36-;/m0./s1. The van der Waals surface area contributed by atoms with E-state index in [1.807, 2.05) is 54.7 Å². The van der Waals surface area contributed by atoms with Gasteiger partial charge in [0.05, 0.1) is 18.6 Å². The van der Waals surface area contributed by atoms with Gasteiger partial charge in [0.1, 0.15) is 18.0 Å². The Labute approximate surface area is 353 Å². The Kier molecular flexibility index (Phi) is 13.5. The topological polar surface area (TPSA) is 168 Å². The number of fused-ring (bicyclic) bond motifs is 2. The summed E-state index contributed by atoms with van der Waals surface area (Å²) >= 11 is 0. The molecule has 3 aromatic carbocycles. The minimum atomic E-state index is -5.04. The van der Waals surface area contributed by atoms with Crippen molar-refractivity contribution in [3.8, 4) is 5.75 Å². The van der Waals surface area contributed by atoms with E-state index in [4.69, 9.17) is 0 Å². The molecule has 0 radical (unpaired) electrons. The van der Waals surface area contributed by atoms with Crippen LogP contribution in [0.2, 0.25) is 0 Å². The molecule has 16 heteroatoms. The van der Waals surface area contributed by atoms with E-state index in [-0.39, 0.29) is 98.0 Å². The van der Waals surface area contributed by atoms with E-state index >= 15 is 0 Å². The van der Waals surface area contributed by atoms with Crippen molar-refractivity contribution in [1.82, 2.24) is 29.7 Å². The summed E-state index contributed by atoms with van der Waals surface area (Å²) in [5.74, 6) is -0.601. The first kappa shape index (κ1) is 42.3. The van der Waals surface area contributed by atoms with Gasteiger partial charge in [-0.05, 0) is 48.1 Å². The number of aryl methyl sites for hydroxylation is 1. The Morgan fingerprint density at radius 1 is 1.04 bits per heavy atom. The number of aromatic nitrogens is 1. The normalized spacial score (nSPS) is 19.5. The second-order valence-electron chi connectivity index (χ2n) is 14.6. The van der Waals surface area contributed by atoms with E-state index in [1.165, 1.54) is 22.0 Å². The van der Waals surface area contributed by atoms with Gasteiger partial charge in [0, 0.05) is 55.7 Å². The molecule has 4 amide bonds. The Balaban J connectivity index is 0.00000549. The number of nitrogens with zero attached hydrogens (tertiary/aromatic N) is 5. The van der Waals surface area contributed by atoms with Crippen molar-refractivity contribution in [2.24, 2.45) is 5.92 Å². The molecular formula is C41H46N6NaO8P. The number of amides is 4. The first-order valence-electron chi connectivity index (χ1n) is 19.0. The number of piperazine rings is 1. The molecule has 3 atom stereocenters. The van der Waals surface area contributed by atoms with Gasteiger partial charge in [0.25, 0.3) is 0 Å². The molecule has 14 nitrogen and oxygen atoms in total. The van der Waals surface area contributed by atoms with Gasteiger partial charge in [-0.15, -0.1) is 6.58 Å². The minimum Gasteiger partial charge on any atom is -0.746 e. The van der Waals surface area contributed by atoms with Crippen LogP contribution in [-0.2, 0) is 40.2 Å². The van der Waals surface area contributed by atoms with Gasteiger partial charge < -0.3 is 34.0 Å². The molecule has 3 fully saturated rings. The average Bonchev–Trinajstić information content (AvgIpc) is 3.96. The van der Waals surface area contributed by atoms with Crippen LogP contribution in [0.1, 0.15) is 59.7 Å². The molecule has 0 spiro atoms. The first-order chi connectivity index (χ1) is 27.0. The fraction of sp³-hybridized carbons (Fsp3) is 0.366. The molecule has 2 N–H and O–H groups in total. The van der Waals surface area contributed by atoms with Crippen LogP contribution in [0.4, 0.5) is 4.79 Å². The maximum absolute atomic E-state index is 14.8. The van der Waals surface area contributed by atoms with E-state index in [2.05, 4.69) is 27.9 Å². The molecule has 0 bridgehead atoms. The zero-order valence-corrected chi connectivity index (χ0v) is 35.2. The number of rotatable bonds is 15. The number of benzene rings is 3. The Morgan fingerprint density at radius 3 is 2.44 bits per heavy atom. The molecule has 1 saturated carbocycles. The van der Waals surface area contributed by atoms with Crippen molar-refractivity contribution in [3.05, 3.63) is 114 Å². The van der Waals surface area contributed by atoms with E-state index in [9.17, 15) is 33.5 Å². The predicted octanol–water partition coefficient (Wildman–Crippen LogP) is 1.61. The maximum Gasteiger partial charge on any atom is 1.00 e. The molecule has 2 aliphatic heterocycles. The number of ketones is 1. The summed E-state index contributed by atoms with van der Waals surface area (Å²) in [4.78, 5) is 80.2. The third-order valence-electron chi connectivity index (χ3n) is 10.5. The number of Topliss-reactive ketones (excluding diaryl/α,β-unsaturated/α-hetero) is 1. The van der Waals surface area contributed by atoms with Gasteiger partial charge in [0.2, 0.25) is 11.8 Å². The Hall–Kier alpha value is -4.27. The van der Waals surface area contributed by atoms with E-state index < -0.39 is 26.1 Å². The molecule has 1 aromatic heterocycles. The largest absolute Gasteiger partial charge is 1.00 e. The summed E-state index contributed by atoms with van der Waals surface area (Å²) in [6.45, 7) is 7.10. The van der Waals surface area contributed by atoms with Crippen molar-refractivity contribution in [3.63, 3.8) is 0 Å². The monoisotopic (exact) mass is 804 g/mol. The molecule has 1 aliphatic carbocycles. The Bertz CT molecular complexity index is 2170. The molecule has 57 heavy (non-hydrogen) atoms. The van der Waals surface area contributed by atoms with Gasteiger partial charge in [-0.2, -0.15) is 0 Å². The van der Waals surface area contributed by atoms with Crippen molar-refractivity contribution < 1.29 is 67.6 Å². The number of hydrazine groups is 1. The number of phosphoric ester groups is 1. The molecule has 7 rings (SSSR count). The van der Waals surface area contributed by atoms with Crippen molar-refractivity contribution >= 4 is 42.4 Å². The van der Waals surface area contributed by atoms with Crippen LogP contribution in [-0.4, -0.2) is 84.7 Å². The van der Waals surface area contributed by atoms with Crippen LogP contribution in [0.15, 0.2) is 91.6 Å². The van der Waals surface area contributed by atoms with E-state index in [0.29, 0.717) is 17.7 Å². The summed E-state index contributed by atoms with van der Waals surface area (Å²) in [7, 11) is -5.04. The van der Waals surface area contributed by atoms with Crippen LogP contribution >= 0.6 is 7.82 Å². The quantitative estimate of drug-likeness (QED) is 0.0786. The number of unbranched alkanes of at least 4 members (excludes halogenated alkanes) is 1. The number of hydrogen-bond donors (Lipinski definition) is 2. The molecular weight excluding hydrogens is 758 g/mol. The molecule has 1 unspecified atom stereocenters. The SMILES string of the molecule is C=CCN1CC(=O)N2[C@@H](Cc3ccc(OP(=O)([O-])O)cc3)C(=O)N(Cc3cccc4c(C(=O)C5CC5)cn(CCCC)c34)C[C@@H]2N1C(=O)NCc1ccccc1.[Na+]. The molecule has 3 heterocycles. The summed E-state index contributed by atoms with van der Waals surface area (Å²) in [5.41, 5.74) is 3.90. The van der Waals surface area contributed by atoms with Gasteiger partial charge in [-0.1, -0.05) is 80.1 Å². The second kappa shape index (κ2) is 18.1. The summed E-state index contributed by atoms with van der Waals surface area (Å²) in [6, 6.07) is 19.6. The van der Waals surface area contributed by atoms with Crippen LogP contribution in [0.25, 0.3) is 10.9 Å². The average molecular weight is 805 g/mol. The van der Waals surface area contributed by atoms with E-state index in [0.717, 1.165) is 47.7 Å². The van der Waals surface area contributed by atoms with Crippen LogP contribution in [0, 0.1) is 5.92 Å². The number of carbonyl (C=O) groups excluding carboxylic acids is 4. The molecule has 3 aliphatic rings. The first-order valence-corrected chi connectivity index (χ1v) is 20.5. The van der Waals surface area contributed by atoms with E-state index in [1.54, 1.807) is 28.1 Å². The van der Waals surface area contributed by atoms with Crippen molar-refractivity contribution in [2.45, 2.75) is 70.9 Å². The minimum absolute atomic E-state index is 0. The van der Waals surface area contributed by atoms with Gasteiger partial charge >= 0.3 is 43.4 Å². The fourth-order valence-corrected chi connectivity index (χ4v) is 8.17. The number of hydrogen-bond acceptors (Lipinski definition) is 8. The van der Waals surface area contributed by atoms with Gasteiger partial charge in [-0.3, -0.25) is 18.9 Å². The number of para-hydroxylation sites is 1.